The van der Waals surface area contributed by atoms with Gasteiger partial charge in [-0.2, -0.15) is 8.78 Å². The Balaban J connectivity index is 2.13. The summed E-state index contributed by atoms with van der Waals surface area (Å²) in [7, 11) is -4.72. The van der Waals surface area contributed by atoms with Gasteiger partial charge in [0.15, 0.2) is 0 Å². The molecule has 1 amide bonds. The number of carboxylic acids is 1. The van der Waals surface area contributed by atoms with Gasteiger partial charge in [0.1, 0.15) is 0 Å². The summed E-state index contributed by atoms with van der Waals surface area (Å²) in [5, 5.41) is 12.1. The summed E-state index contributed by atoms with van der Waals surface area (Å²) in [6.07, 6.45) is 4.54. The molecule has 9 heteroatoms. The fourth-order valence-corrected chi connectivity index (χ4v) is 3.82. The second-order valence-electron chi connectivity index (χ2n) is 6.35. The third-order valence-electron chi connectivity index (χ3n) is 4.58. The maximum absolute atomic E-state index is 12.5. The van der Waals surface area contributed by atoms with Crippen LogP contribution < -0.4 is 5.32 Å². The lowest BCUT2D eigenvalue weighted by Crippen LogP contribution is -2.43. The average Bonchev–Trinajstić information content (AvgIpc) is 2.56. The molecule has 0 saturated heterocycles. The van der Waals surface area contributed by atoms with E-state index in [4.69, 9.17) is 0 Å². The molecular formula is C17H21F2NO5S. The van der Waals surface area contributed by atoms with Crippen LogP contribution in [0.4, 0.5) is 8.78 Å². The predicted molar refractivity (Wildman–Crippen MR) is 89.7 cm³/mol. The van der Waals surface area contributed by atoms with Crippen molar-refractivity contribution in [3.63, 3.8) is 0 Å². The molecule has 0 spiro atoms. The number of halogens is 2. The van der Waals surface area contributed by atoms with E-state index in [0.29, 0.717) is 12.8 Å². The van der Waals surface area contributed by atoms with Crippen molar-refractivity contribution in [2.45, 2.75) is 55.2 Å². The first-order chi connectivity index (χ1) is 12.2. The monoisotopic (exact) mass is 389 g/mol. The van der Waals surface area contributed by atoms with E-state index in [-0.39, 0.29) is 5.56 Å². The van der Waals surface area contributed by atoms with Crippen molar-refractivity contribution in [2.75, 3.05) is 0 Å². The lowest BCUT2D eigenvalue weighted by molar-refractivity contribution is -0.143. The number of amides is 1. The molecule has 2 atom stereocenters. The minimum absolute atomic E-state index is 0.0874. The predicted octanol–water partition coefficient (Wildman–Crippen LogP) is 2.84. The van der Waals surface area contributed by atoms with E-state index in [9.17, 15) is 31.9 Å². The van der Waals surface area contributed by atoms with Crippen LogP contribution in [0.2, 0.25) is 0 Å². The van der Waals surface area contributed by atoms with Gasteiger partial charge in [0.25, 0.3) is 5.91 Å². The van der Waals surface area contributed by atoms with Gasteiger partial charge in [-0.05, 0) is 37.1 Å². The molecule has 0 aliphatic heterocycles. The average molecular weight is 389 g/mol. The van der Waals surface area contributed by atoms with Crippen molar-refractivity contribution < 1.29 is 31.9 Å². The van der Waals surface area contributed by atoms with Crippen LogP contribution in [0.5, 0.6) is 0 Å². The maximum Gasteiger partial charge on any atom is 0.341 e. The minimum atomic E-state index is -4.72. The van der Waals surface area contributed by atoms with Crippen LogP contribution in [0, 0.1) is 5.92 Å². The normalized spacial score (nSPS) is 21.7. The highest BCUT2D eigenvalue weighted by Crippen LogP contribution is 2.24. The van der Waals surface area contributed by atoms with Crippen LogP contribution in [0.25, 0.3) is 0 Å². The van der Waals surface area contributed by atoms with Crippen LogP contribution in [-0.4, -0.2) is 37.2 Å². The molecule has 2 unspecified atom stereocenters. The first-order valence-corrected chi connectivity index (χ1v) is 9.94. The van der Waals surface area contributed by atoms with E-state index >= 15 is 0 Å². The lowest BCUT2D eigenvalue weighted by Gasteiger charge is -2.27. The Morgan fingerprint density at radius 3 is 2.15 bits per heavy atom. The van der Waals surface area contributed by atoms with Gasteiger partial charge in [-0.1, -0.05) is 25.7 Å². The fraction of sp³-hybridized carbons (Fsp3) is 0.529. The summed E-state index contributed by atoms with van der Waals surface area (Å²) >= 11 is 0. The van der Waals surface area contributed by atoms with Gasteiger partial charge < -0.3 is 10.4 Å². The van der Waals surface area contributed by atoms with Crippen molar-refractivity contribution in [2.24, 2.45) is 5.92 Å². The third kappa shape index (κ3) is 4.78. The minimum Gasteiger partial charge on any atom is -0.481 e. The zero-order valence-corrected chi connectivity index (χ0v) is 14.8. The summed E-state index contributed by atoms with van der Waals surface area (Å²) in [5.41, 5.74) is 0.0874. The molecule has 0 radical (unpaired) electrons. The summed E-state index contributed by atoms with van der Waals surface area (Å²) in [6, 6.07) is 3.66. The molecule has 1 aliphatic carbocycles. The number of carboxylic acid groups (broad SMARTS) is 1. The Kier molecular flexibility index (Phi) is 6.69. The number of aliphatic carboxylic acids is 1. The molecule has 0 aromatic heterocycles. The number of alkyl halides is 2. The quantitative estimate of drug-likeness (QED) is 0.807. The largest absolute Gasteiger partial charge is 0.481 e. The number of benzene rings is 1. The van der Waals surface area contributed by atoms with Gasteiger partial charge in [0.05, 0.1) is 10.8 Å². The summed E-state index contributed by atoms with van der Waals surface area (Å²) in [5.74, 6) is -5.73. The second kappa shape index (κ2) is 8.57. The van der Waals surface area contributed by atoms with Crippen molar-refractivity contribution in [3.05, 3.63) is 29.8 Å². The van der Waals surface area contributed by atoms with E-state index in [1.165, 1.54) is 0 Å². The van der Waals surface area contributed by atoms with Crippen LogP contribution in [0.1, 0.15) is 48.9 Å². The van der Waals surface area contributed by atoms with Crippen molar-refractivity contribution in [3.8, 4) is 0 Å². The second-order valence-corrected chi connectivity index (χ2v) is 8.26. The van der Waals surface area contributed by atoms with Crippen LogP contribution in [0.3, 0.4) is 0 Å². The van der Waals surface area contributed by atoms with Gasteiger partial charge >= 0.3 is 11.7 Å². The van der Waals surface area contributed by atoms with Crippen LogP contribution in [0.15, 0.2) is 29.2 Å². The molecule has 2 N–H and O–H groups in total. The zero-order valence-electron chi connectivity index (χ0n) is 14.0. The van der Waals surface area contributed by atoms with E-state index in [1.807, 2.05) is 0 Å². The Morgan fingerprint density at radius 1 is 1.04 bits per heavy atom. The molecule has 144 valence electrons. The number of hydrogen-bond acceptors (Lipinski definition) is 4. The summed E-state index contributed by atoms with van der Waals surface area (Å²) in [4.78, 5) is 23.3. The Bertz CT molecular complexity index is 749. The van der Waals surface area contributed by atoms with Gasteiger partial charge in [-0.15, -0.1) is 0 Å². The molecule has 1 aromatic rings. The number of carbonyl (C=O) groups is 2. The maximum atomic E-state index is 12.5. The number of sulfone groups is 1. The van der Waals surface area contributed by atoms with Gasteiger partial charge in [0.2, 0.25) is 9.84 Å². The molecule has 1 aromatic carbocycles. The van der Waals surface area contributed by atoms with Crippen LogP contribution >= 0.6 is 0 Å². The fourth-order valence-electron chi connectivity index (χ4n) is 3.10. The molecule has 26 heavy (non-hydrogen) atoms. The van der Waals surface area contributed by atoms with Crippen molar-refractivity contribution >= 4 is 21.7 Å². The SMILES string of the molecule is O=C(NC1CCCCCCC1C(=O)O)c1ccc(S(=O)(=O)C(F)F)cc1. The number of hydrogen-bond donors (Lipinski definition) is 2. The molecule has 1 aliphatic rings. The lowest BCUT2D eigenvalue weighted by atomic mass is 9.86. The zero-order chi connectivity index (χ0) is 19.3. The van der Waals surface area contributed by atoms with Crippen molar-refractivity contribution in [1.29, 1.82) is 0 Å². The smallest absolute Gasteiger partial charge is 0.341 e. The highest BCUT2D eigenvalue weighted by Gasteiger charge is 2.30. The van der Waals surface area contributed by atoms with E-state index in [0.717, 1.165) is 49.9 Å². The first-order valence-electron chi connectivity index (χ1n) is 8.39. The molecule has 2 rings (SSSR count). The van der Waals surface area contributed by atoms with Gasteiger partial charge in [-0.3, -0.25) is 9.59 Å². The summed E-state index contributed by atoms with van der Waals surface area (Å²) < 4.78 is 47.9. The Morgan fingerprint density at radius 2 is 1.62 bits per heavy atom. The molecule has 6 nitrogen and oxygen atoms in total. The molecule has 1 fully saturated rings. The van der Waals surface area contributed by atoms with Gasteiger partial charge in [0, 0.05) is 11.6 Å². The highest BCUT2D eigenvalue weighted by molar-refractivity contribution is 7.91. The molecule has 1 saturated carbocycles. The van der Waals surface area contributed by atoms with E-state index in [2.05, 4.69) is 5.32 Å². The number of rotatable bonds is 5. The van der Waals surface area contributed by atoms with E-state index < -0.39 is 44.3 Å². The highest BCUT2D eigenvalue weighted by atomic mass is 32.2. The standard InChI is InChI=1S/C17H21F2NO5S/c18-17(19)26(24,25)12-9-7-11(8-10-12)15(21)20-14-6-4-2-1-3-5-13(14)16(22)23/h7-10,13-14,17H,1-6H2,(H,20,21)(H,22,23). The number of nitrogens with one attached hydrogen (secondary N) is 1. The molecular weight excluding hydrogens is 368 g/mol. The third-order valence-corrected chi connectivity index (χ3v) is 5.98. The first kappa shape index (κ1) is 20.3. The molecule has 0 heterocycles. The van der Waals surface area contributed by atoms with Crippen LogP contribution in [-0.2, 0) is 14.6 Å². The Hall–Kier alpha value is -2.03. The summed E-state index contributed by atoms with van der Waals surface area (Å²) in [6.45, 7) is 0. The topological polar surface area (TPSA) is 101 Å². The number of carbonyl (C=O) groups excluding carboxylic acids is 1. The van der Waals surface area contributed by atoms with Crippen molar-refractivity contribution in [1.82, 2.24) is 5.32 Å². The van der Waals surface area contributed by atoms with E-state index in [1.54, 1.807) is 0 Å². The Labute approximate surface area is 150 Å². The molecule has 0 bridgehead atoms. The van der Waals surface area contributed by atoms with Gasteiger partial charge in [-0.25, -0.2) is 8.42 Å².